The number of amides is 1. The Bertz CT molecular complexity index is 688. The lowest BCUT2D eigenvalue weighted by Crippen LogP contribution is -2.41. The van der Waals surface area contributed by atoms with E-state index in [2.05, 4.69) is 25.1 Å². The van der Waals surface area contributed by atoms with Crippen LogP contribution in [0.3, 0.4) is 0 Å². The Labute approximate surface area is 140 Å². The van der Waals surface area contributed by atoms with Gasteiger partial charge in [-0.15, -0.1) is 10.2 Å². The van der Waals surface area contributed by atoms with Gasteiger partial charge in [-0.2, -0.15) is 0 Å². The molecule has 1 amide bonds. The fourth-order valence-electron chi connectivity index (χ4n) is 2.32. The summed E-state index contributed by atoms with van der Waals surface area (Å²) in [4.78, 5) is 16.1. The summed E-state index contributed by atoms with van der Waals surface area (Å²) in [5, 5.41) is 12.4. The summed E-state index contributed by atoms with van der Waals surface area (Å²) in [6.45, 7) is 5.93. The van der Waals surface area contributed by atoms with Gasteiger partial charge in [-0.05, 0) is 45.7 Å². The summed E-state index contributed by atoms with van der Waals surface area (Å²) in [6.07, 6.45) is 5.78. The normalized spacial score (nSPS) is 14.7. The van der Waals surface area contributed by atoms with Crippen molar-refractivity contribution >= 4 is 17.7 Å². The van der Waals surface area contributed by atoms with E-state index in [4.69, 9.17) is 0 Å². The molecule has 7 heteroatoms. The molecule has 1 N–H and O–H groups in total. The van der Waals surface area contributed by atoms with Gasteiger partial charge in [0.15, 0.2) is 11.0 Å². The molecule has 0 aliphatic heterocycles. The molecular formula is C16H21N5OS. The van der Waals surface area contributed by atoms with E-state index in [-0.39, 0.29) is 11.4 Å². The van der Waals surface area contributed by atoms with Crippen LogP contribution < -0.4 is 5.32 Å². The van der Waals surface area contributed by atoms with Gasteiger partial charge in [0.25, 0.3) is 0 Å². The van der Waals surface area contributed by atoms with Crippen LogP contribution in [0.4, 0.5) is 0 Å². The van der Waals surface area contributed by atoms with Crippen molar-refractivity contribution in [3.8, 4) is 11.4 Å². The van der Waals surface area contributed by atoms with Gasteiger partial charge < -0.3 is 5.32 Å². The van der Waals surface area contributed by atoms with Crippen LogP contribution in [0.25, 0.3) is 11.4 Å². The number of hydrogen-bond acceptors (Lipinski definition) is 5. The molecule has 0 aromatic carbocycles. The maximum Gasteiger partial charge on any atom is 0.230 e. The number of carbonyl (C=O) groups is 1. The van der Waals surface area contributed by atoms with Crippen LogP contribution in [0.5, 0.6) is 0 Å². The molecule has 1 fully saturated rings. The third-order valence-corrected chi connectivity index (χ3v) is 4.30. The molecule has 2 aromatic rings. The van der Waals surface area contributed by atoms with Crippen LogP contribution in [-0.2, 0) is 4.79 Å². The zero-order valence-electron chi connectivity index (χ0n) is 13.6. The van der Waals surface area contributed by atoms with Gasteiger partial charge in [-0.3, -0.25) is 14.3 Å². The molecule has 0 atom stereocenters. The molecule has 1 aliphatic rings. The third-order valence-electron chi connectivity index (χ3n) is 3.36. The minimum Gasteiger partial charge on any atom is -0.351 e. The maximum atomic E-state index is 12.0. The van der Waals surface area contributed by atoms with Crippen LogP contribution in [0.15, 0.2) is 29.7 Å². The summed E-state index contributed by atoms with van der Waals surface area (Å²) < 4.78 is 2.16. The van der Waals surface area contributed by atoms with Gasteiger partial charge >= 0.3 is 0 Å². The second-order valence-electron chi connectivity index (χ2n) is 6.73. The molecule has 1 aliphatic carbocycles. The van der Waals surface area contributed by atoms with E-state index in [1.54, 1.807) is 12.4 Å². The first-order valence-corrected chi connectivity index (χ1v) is 8.72. The number of nitrogens with zero attached hydrogens (tertiary/aromatic N) is 4. The SMILES string of the molecule is CC(C)(C)NC(=O)CSc1nnc(-c2ccncc2)n1C1CC1. The average molecular weight is 331 g/mol. The maximum absolute atomic E-state index is 12.0. The Morgan fingerprint density at radius 3 is 2.61 bits per heavy atom. The topological polar surface area (TPSA) is 72.7 Å². The quantitative estimate of drug-likeness (QED) is 0.853. The van der Waals surface area contributed by atoms with Crippen molar-refractivity contribution in [1.82, 2.24) is 25.1 Å². The zero-order chi connectivity index (χ0) is 16.4. The molecule has 0 bridgehead atoms. The molecule has 23 heavy (non-hydrogen) atoms. The highest BCUT2D eigenvalue weighted by Gasteiger charge is 2.30. The predicted octanol–water partition coefficient (Wildman–Crippen LogP) is 2.68. The first kappa shape index (κ1) is 16.0. The fraction of sp³-hybridized carbons (Fsp3) is 0.500. The summed E-state index contributed by atoms with van der Waals surface area (Å²) in [7, 11) is 0. The Morgan fingerprint density at radius 2 is 2.00 bits per heavy atom. The van der Waals surface area contributed by atoms with Crippen molar-refractivity contribution < 1.29 is 4.79 Å². The Kier molecular flexibility index (Phi) is 4.39. The molecule has 2 heterocycles. The third kappa shape index (κ3) is 4.10. The Hall–Kier alpha value is -1.89. The number of pyridine rings is 1. The summed E-state index contributed by atoms with van der Waals surface area (Å²) in [5.74, 6) is 1.21. The number of nitrogens with one attached hydrogen (secondary N) is 1. The number of carbonyl (C=O) groups excluding carboxylic acids is 1. The Morgan fingerprint density at radius 1 is 1.30 bits per heavy atom. The lowest BCUT2D eigenvalue weighted by atomic mass is 10.1. The van der Waals surface area contributed by atoms with Crippen LogP contribution in [-0.4, -0.2) is 36.9 Å². The highest BCUT2D eigenvalue weighted by molar-refractivity contribution is 7.99. The van der Waals surface area contributed by atoms with Crippen LogP contribution in [0, 0.1) is 0 Å². The van der Waals surface area contributed by atoms with Crippen molar-refractivity contribution in [1.29, 1.82) is 0 Å². The lowest BCUT2D eigenvalue weighted by molar-refractivity contribution is -0.119. The van der Waals surface area contributed by atoms with E-state index in [1.165, 1.54) is 11.8 Å². The Balaban J connectivity index is 1.76. The molecule has 0 radical (unpaired) electrons. The van der Waals surface area contributed by atoms with Crippen LogP contribution >= 0.6 is 11.8 Å². The largest absolute Gasteiger partial charge is 0.351 e. The van der Waals surface area contributed by atoms with Crippen molar-refractivity contribution in [3.05, 3.63) is 24.5 Å². The summed E-state index contributed by atoms with van der Waals surface area (Å²) >= 11 is 1.44. The molecule has 6 nitrogen and oxygen atoms in total. The second-order valence-corrected chi connectivity index (χ2v) is 7.67. The first-order chi connectivity index (χ1) is 10.9. The number of thioether (sulfide) groups is 1. The van der Waals surface area contributed by atoms with E-state index in [1.807, 2.05) is 32.9 Å². The van der Waals surface area contributed by atoms with Gasteiger partial charge in [-0.25, -0.2) is 0 Å². The van der Waals surface area contributed by atoms with Gasteiger partial charge in [0.1, 0.15) is 0 Å². The van der Waals surface area contributed by atoms with E-state index in [9.17, 15) is 4.79 Å². The summed E-state index contributed by atoms with van der Waals surface area (Å²) in [5.41, 5.74) is 0.787. The number of aromatic nitrogens is 4. The molecule has 1 saturated carbocycles. The highest BCUT2D eigenvalue weighted by Crippen LogP contribution is 2.40. The highest BCUT2D eigenvalue weighted by atomic mass is 32.2. The van der Waals surface area contributed by atoms with E-state index in [0.717, 1.165) is 29.4 Å². The van der Waals surface area contributed by atoms with Crippen molar-refractivity contribution in [3.63, 3.8) is 0 Å². The summed E-state index contributed by atoms with van der Waals surface area (Å²) in [6, 6.07) is 4.31. The van der Waals surface area contributed by atoms with Gasteiger partial charge in [0, 0.05) is 29.5 Å². The molecule has 2 aromatic heterocycles. The van der Waals surface area contributed by atoms with Gasteiger partial charge in [0.05, 0.1) is 5.75 Å². The number of rotatable bonds is 5. The molecular weight excluding hydrogens is 310 g/mol. The molecule has 0 saturated heterocycles. The van der Waals surface area contributed by atoms with Crippen LogP contribution in [0.2, 0.25) is 0 Å². The smallest absolute Gasteiger partial charge is 0.230 e. The zero-order valence-corrected chi connectivity index (χ0v) is 14.4. The second kappa shape index (κ2) is 6.31. The van der Waals surface area contributed by atoms with Gasteiger partial charge in [-0.1, -0.05) is 11.8 Å². The molecule has 3 rings (SSSR count). The monoisotopic (exact) mass is 331 g/mol. The fourth-order valence-corrected chi connectivity index (χ4v) is 3.13. The lowest BCUT2D eigenvalue weighted by Gasteiger charge is -2.20. The van der Waals surface area contributed by atoms with Crippen molar-refractivity contribution in [2.45, 2.75) is 50.4 Å². The average Bonchev–Trinajstić information content (AvgIpc) is 3.24. The van der Waals surface area contributed by atoms with Crippen LogP contribution in [0.1, 0.15) is 39.7 Å². The first-order valence-electron chi connectivity index (χ1n) is 7.73. The minimum absolute atomic E-state index is 0.0123. The van der Waals surface area contributed by atoms with Crippen molar-refractivity contribution in [2.24, 2.45) is 0 Å². The molecule has 0 spiro atoms. The van der Waals surface area contributed by atoms with E-state index < -0.39 is 0 Å². The van der Waals surface area contributed by atoms with E-state index >= 15 is 0 Å². The predicted molar refractivity (Wildman–Crippen MR) is 90.1 cm³/mol. The minimum atomic E-state index is -0.218. The molecule has 0 unspecified atom stereocenters. The number of hydrogen-bond donors (Lipinski definition) is 1. The van der Waals surface area contributed by atoms with Crippen molar-refractivity contribution in [2.75, 3.05) is 5.75 Å². The molecule has 122 valence electrons. The van der Waals surface area contributed by atoms with Gasteiger partial charge in [0.2, 0.25) is 5.91 Å². The van der Waals surface area contributed by atoms with E-state index in [0.29, 0.717) is 11.8 Å². The standard InChI is InChI=1S/C16H21N5OS/c1-16(2,3)18-13(22)10-23-15-20-19-14(21(15)12-4-5-12)11-6-8-17-9-7-11/h6-9,12H,4-5,10H2,1-3H3,(H,18,22).